The molecule has 0 aliphatic carbocycles. The number of aromatic carboxylic acids is 1. The fourth-order valence-corrected chi connectivity index (χ4v) is 1.86. The number of carboxylic acid groups (broad SMARTS) is 1. The lowest BCUT2D eigenvalue weighted by Crippen LogP contribution is -2.16. The molecule has 0 bridgehead atoms. The molecule has 0 unspecified atom stereocenters. The van der Waals surface area contributed by atoms with Crippen LogP contribution in [0.25, 0.3) is 0 Å². The molecule has 0 fully saturated rings. The Kier molecular flexibility index (Phi) is 4.09. The van der Waals surface area contributed by atoms with Crippen molar-refractivity contribution in [3.8, 4) is 5.75 Å². The number of anilines is 1. The Labute approximate surface area is 123 Å². The number of carboxylic acids is 1. The number of carbonyl (C=O) groups is 2. The summed E-state index contributed by atoms with van der Waals surface area (Å²) in [5, 5.41) is 20.3. The van der Waals surface area contributed by atoms with Gasteiger partial charge in [0.2, 0.25) is 0 Å². The molecule has 7 heteroatoms. The van der Waals surface area contributed by atoms with Gasteiger partial charge in [0.05, 0.1) is 21.8 Å². The summed E-state index contributed by atoms with van der Waals surface area (Å²) >= 11 is 5.58. The molecule has 2 aromatic rings. The second-order valence-corrected chi connectivity index (χ2v) is 4.50. The van der Waals surface area contributed by atoms with Crippen LogP contribution in [-0.4, -0.2) is 22.1 Å². The van der Waals surface area contributed by atoms with Gasteiger partial charge in [0.15, 0.2) is 5.82 Å². The highest BCUT2D eigenvalue weighted by Gasteiger charge is 2.17. The van der Waals surface area contributed by atoms with E-state index >= 15 is 0 Å². The van der Waals surface area contributed by atoms with Gasteiger partial charge in [-0.2, -0.15) is 0 Å². The van der Waals surface area contributed by atoms with Crippen LogP contribution in [0.1, 0.15) is 20.7 Å². The van der Waals surface area contributed by atoms with E-state index in [0.717, 1.165) is 6.07 Å². The first-order valence-electron chi connectivity index (χ1n) is 5.72. The second kappa shape index (κ2) is 5.80. The molecule has 0 aliphatic rings. The molecule has 21 heavy (non-hydrogen) atoms. The molecule has 5 nitrogen and oxygen atoms in total. The molecular formula is C14H9ClFNO4. The molecule has 0 spiro atoms. The first-order chi connectivity index (χ1) is 9.90. The Morgan fingerprint density at radius 3 is 2.52 bits per heavy atom. The summed E-state index contributed by atoms with van der Waals surface area (Å²) in [5.74, 6) is -3.34. The molecule has 0 aliphatic heterocycles. The minimum atomic E-state index is -1.34. The summed E-state index contributed by atoms with van der Waals surface area (Å²) in [6.07, 6.45) is 0. The number of amides is 1. The van der Waals surface area contributed by atoms with Crippen molar-refractivity contribution in [2.24, 2.45) is 0 Å². The van der Waals surface area contributed by atoms with Gasteiger partial charge < -0.3 is 15.5 Å². The fourth-order valence-electron chi connectivity index (χ4n) is 1.69. The average molecular weight is 310 g/mol. The van der Waals surface area contributed by atoms with Gasteiger partial charge in [-0.15, -0.1) is 0 Å². The summed E-state index contributed by atoms with van der Waals surface area (Å²) < 4.78 is 13.7. The standard InChI is InChI=1S/C14H9ClFNO4/c15-10-3-1-2-8(12(10)16)13(19)17-11-5-4-7(18)6-9(11)14(20)21/h1-6,18H,(H,17,19)(H,20,21). The van der Waals surface area contributed by atoms with Crippen molar-refractivity contribution < 1.29 is 24.2 Å². The molecule has 0 aromatic heterocycles. The molecule has 2 rings (SSSR count). The maximum Gasteiger partial charge on any atom is 0.337 e. The average Bonchev–Trinajstić information content (AvgIpc) is 2.43. The number of hydrogen-bond donors (Lipinski definition) is 3. The smallest absolute Gasteiger partial charge is 0.337 e. The number of nitrogens with one attached hydrogen (secondary N) is 1. The number of hydrogen-bond acceptors (Lipinski definition) is 3. The van der Waals surface area contributed by atoms with E-state index in [4.69, 9.17) is 16.7 Å². The van der Waals surface area contributed by atoms with Crippen LogP contribution in [0.2, 0.25) is 5.02 Å². The Balaban J connectivity index is 2.36. The van der Waals surface area contributed by atoms with Crippen LogP contribution in [0.15, 0.2) is 36.4 Å². The second-order valence-electron chi connectivity index (χ2n) is 4.09. The lowest BCUT2D eigenvalue weighted by molar-refractivity contribution is 0.0697. The van der Waals surface area contributed by atoms with E-state index in [-0.39, 0.29) is 27.6 Å². The molecule has 0 atom stereocenters. The van der Waals surface area contributed by atoms with Crippen LogP contribution in [0.5, 0.6) is 5.75 Å². The quantitative estimate of drug-likeness (QED) is 0.760. The van der Waals surface area contributed by atoms with Gasteiger partial charge in [-0.1, -0.05) is 17.7 Å². The molecule has 0 saturated heterocycles. The third-order valence-electron chi connectivity index (χ3n) is 2.68. The topological polar surface area (TPSA) is 86.6 Å². The van der Waals surface area contributed by atoms with E-state index in [2.05, 4.69) is 5.32 Å². The summed E-state index contributed by atoms with van der Waals surface area (Å²) in [5.41, 5.74) is -0.692. The monoisotopic (exact) mass is 309 g/mol. The van der Waals surface area contributed by atoms with E-state index in [9.17, 15) is 19.1 Å². The number of halogens is 2. The zero-order valence-corrected chi connectivity index (χ0v) is 11.2. The van der Waals surface area contributed by atoms with Gasteiger partial charge in [-0.05, 0) is 30.3 Å². The zero-order valence-electron chi connectivity index (χ0n) is 10.4. The van der Waals surface area contributed by atoms with Crippen LogP contribution in [0.3, 0.4) is 0 Å². The van der Waals surface area contributed by atoms with Crippen LogP contribution in [0, 0.1) is 5.82 Å². The number of phenolic OH excluding ortho intramolecular Hbond substituents is 1. The van der Waals surface area contributed by atoms with Crippen molar-refractivity contribution in [1.82, 2.24) is 0 Å². The van der Waals surface area contributed by atoms with Crippen molar-refractivity contribution in [1.29, 1.82) is 0 Å². The van der Waals surface area contributed by atoms with Gasteiger partial charge in [0.25, 0.3) is 5.91 Å². The van der Waals surface area contributed by atoms with Crippen LogP contribution < -0.4 is 5.32 Å². The number of benzene rings is 2. The van der Waals surface area contributed by atoms with Crippen LogP contribution in [0.4, 0.5) is 10.1 Å². The van der Waals surface area contributed by atoms with Crippen molar-refractivity contribution in [2.75, 3.05) is 5.32 Å². The SMILES string of the molecule is O=C(O)c1cc(O)ccc1NC(=O)c1cccc(Cl)c1F. The minimum absolute atomic E-state index is 0.0651. The predicted molar refractivity (Wildman–Crippen MR) is 74.4 cm³/mol. The summed E-state index contributed by atoms with van der Waals surface area (Å²) in [7, 11) is 0. The first kappa shape index (κ1) is 14.8. The summed E-state index contributed by atoms with van der Waals surface area (Å²) in [6.45, 7) is 0. The van der Waals surface area contributed by atoms with E-state index in [0.29, 0.717) is 0 Å². The van der Waals surface area contributed by atoms with Gasteiger partial charge in [-0.25, -0.2) is 9.18 Å². The Morgan fingerprint density at radius 1 is 1.14 bits per heavy atom. The molecule has 1 amide bonds. The van der Waals surface area contributed by atoms with Gasteiger partial charge in [0, 0.05) is 0 Å². The zero-order chi connectivity index (χ0) is 15.6. The van der Waals surface area contributed by atoms with E-state index in [1.807, 2.05) is 0 Å². The Bertz CT molecular complexity index is 733. The highest BCUT2D eigenvalue weighted by atomic mass is 35.5. The van der Waals surface area contributed by atoms with Gasteiger partial charge in [-0.3, -0.25) is 4.79 Å². The number of aromatic hydroxyl groups is 1. The van der Waals surface area contributed by atoms with Crippen molar-refractivity contribution in [2.45, 2.75) is 0 Å². The number of rotatable bonds is 3. The molecule has 108 valence electrons. The molecule has 0 heterocycles. The fraction of sp³-hybridized carbons (Fsp3) is 0. The van der Waals surface area contributed by atoms with Crippen molar-refractivity contribution >= 4 is 29.2 Å². The van der Waals surface area contributed by atoms with E-state index in [1.165, 1.54) is 30.3 Å². The predicted octanol–water partition coefficient (Wildman–Crippen LogP) is 3.14. The first-order valence-corrected chi connectivity index (χ1v) is 6.09. The molecule has 2 aromatic carbocycles. The highest BCUT2D eigenvalue weighted by molar-refractivity contribution is 6.31. The minimum Gasteiger partial charge on any atom is -0.508 e. The largest absolute Gasteiger partial charge is 0.508 e. The molecule has 0 saturated carbocycles. The highest BCUT2D eigenvalue weighted by Crippen LogP contribution is 2.23. The lowest BCUT2D eigenvalue weighted by Gasteiger charge is -2.10. The van der Waals surface area contributed by atoms with Crippen molar-refractivity contribution in [3.63, 3.8) is 0 Å². The molecule has 0 radical (unpaired) electrons. The van der Waals surface area contributed by atoms with Crippen LogP contribution >= 0.6 is 11.6 Å². The third-order valence-corrected chi connectivity index (χ3v) is 2.97. The third kappa shape index (κ3) is 3.11. The maximum absolute atomic E-state index is 13.7. The molecule has 3 N–H and O–H groups in total. The summed E-state index contributed by atoms with van der Waals surface area (Å²) in [6, 6.07) is 7.30. The van der Waals surface area contributed by atoms with Gasteiger partial charge in [0.1, 0.15) is 5.75 Å². The van der Waals surface area contributed by atoms with Gasteiger partial charge >= 0.3 is 5.97 Å². The molecular weight excluding hydrogens is 301 g/mol. The lowest BCUT2D eigenvalue weighted by atomic mass is 10.1. The van der Waals surface area contributed by atoms with E-state index < -0.39 is 17.7 Å². The van der Waals surface area contributed by atoms with E-state index in [1.54, 1.807) is 0 Å². The Morgan fingerprint density at radius 2 is 1.86 bits per heavy atom. The normalized spacial score (nSPS) is 10.2. The van der Waals surface area contributed by atoms with Crippen molar-refractivity contribution in [3.05, 3.63) is 58.4 Å². The van der Waals surface area contributed by atoms with Crippen LogP contribution in [-0.2, 0) is 0 Å². The number of carbonyl (C=O) groups excluding carboxylic acids is 1. The number of phenols is 1. The Hall–Kier alpha value is -2.60. The summed E-state index contributed by atoms with van der Waals surface area (Å²) in [4.78, 5) is 23.0. The maximum atomic E-state index is 13.7.